The van der Waals surface area contributed by atoms with Gasteiger partial charge < -0.3 is 10.6 Å². The molecule has 7 heteroatoms. The number of H-pyrrole nitrogens is 1. The van der Waals surface area contributed by atoms with Crippen molar-refractivity contribution in [1.82, 2.24) is 19.8 Å². The zero-order chi connectivity index (χ0) is 14.8. The third kappa shape index (κ3) is 2.98. The van der Waals surface area contributed by atoms with Crippen molar-refractivity contribution in [2.75, 3.05) is 24.5 Å². The van der Waals surface area contributed by atoms with Gasteiger partial charge in [-0.2, -0.15) is 9.61 Å². The summed E-state index contributed by atoms with van der Waals surface area (Å²) in [6.45, 7) is 8.62. The Kier molecular flexibility index (Phi) is 4.08. The summed E-state index contributed by atoms with van der Waals surface area (Å²) in [5.74, 6) is 0.768. The minimum Gasteiger partial charge on any atom is -0.355 e. The summed E-state index contributed by atoms with van der Waals surface area (Å²) in [4.78, 5) is 13.8. The van der Waals surface area contributed by atoms with E-state index in [-0.39, 0.29) is 11.1 Å². The zero-order valence-electron chi connectivity index (χ0n) is 12.3. The van der Waals surface area contributed by atoms with Gasteiger partial charge in [0.1, 0.15) is 5.82 Å². The molecular weight excluding hydrogens is 256 g/mol. The quantitative estimate of drug-likeness (QED) is 0.808. The maximum absolute atomic E-state index is 11.6. The Hall–Kier alpha value is -1.89. The fraction of sp³-hybridized carbons (Fsp3) is 0.615. The average molecular weight is 278 g/mol. The number of hydrogen-bond donors (Lipinski definition) is 2. The van der Waals surface area contributed by atoms with Gasteiger partial charge in [0.15, 0.2) is 5.65 Å². The minimum atomic E-state index is -0.323. The van der Waals surface area contributed by atoms with E-state index in [2.05, 4.69) is 41.0 Å². The van der Waals surface area contributed by atoms with Gasteiger partial charge in [0.2, 0.25) is 0 Å². The summed E-state index contributed by atoms with van der Waals surface area (Å²) >= 11 is 0. The van der Waals surface area contributed by atoms with Crippen molar-refractivity contribution in [3.63, 3.8) is 0 Å². The number of nitrogens with zero attached hydrogens (tertiary/aromatic N) is 4. The Labute approximate surface area is 117 Å². The largest absolute Gasteiger partial charge is 0.364 e. The average Bonchev–Trinajstić information content (AvgIpc) is 2.79. The van der Waals surface area contributed by atoms with Gasteiger partial charge in [-0.15, -0.1) is 5.10 Å². The van der Waals surface area contributed by atoms with Crippen LogP contribution in [0.2, 0.25) is 0 Å². The standard InChI is InChI=1S/C13H22N6O/c1-4-7-18(9-13(2,3)8-14)11-6-5-10-15-16-12(20)19(10)17-11/h5-6H,4,7-9,14H2,1-3H3,(H,16,20). The second-order valence-electron chi connectivity index (χ2n) is 5.78. The molecule has 7 nitrogen and oxygen atoms in total. The lowest BCUT2D eigenvalue weighted by molar-refractivity contribution is 0.376. The molecule has 0 fully saturated rings. The van der Waals surface area contributed by atoms with Crippen LogP contribution in [0.3, 0.4) is 0 Å². The lowest BCUT2D eigenvalue weighted by Gasteiger charge is -2.32. The SMILES string of the molecule is CCCN(CC(C)(C)CN)c1ccc2n[nH]c(=O)n2n1. The van der Waals surface area contributed by atoms with Gasteiger partial charge in [-0.05, 0) is 30.5 Å². The van der Waals surface area contributed by atoms with E-state index in [0.717, 1.165) is 25.3 Å². The van der Waals surface area contributed by atoms with Crippen molar-refractivity contribution >= 4 is 11.5 Å². The Morgan fingerprint density at radius 2 is 2.20 bits per heavy atom. The van der Waals surface area contributed by atoms with Crippen LogP contribution in [0.4, 0.5) is 5.82 Å². The molecule has 2 heterocycles. The van der Waals surface area contributed by atoms with E-state index >= 15 is 0 Å². The minimum absolute atomic E-state index is 0.00678. The zero-order valence-corrected chi connectivity index (χ0v) is 12.3. The third-order valence-electron chi connectivity index (χ3n) is 3.25. The number of aromatic nitrogens is 4. The van der Waals surface area contributed by atoms with Gasteiger partial charge in [-0.1, -0.05) is 20.8 Å². The van der Waals surface area contributed by atoms with E-state index in [0.29, 0.717) is 12.2 Å². The first-order valence-corrected chi connectivity index (χ1v) is 6.86. The molecule has 0 saturated heterocycles. The smallest absolute Gasteiger partial charge is 0.355 e. The summed E-state index contributed by atoms with van der Waals surface area (Å²) in [5, 5.41) is 10.6. The van der Waals surface area contributed by atoms with Crippen LogP contribution in [0.1, 0.15) is 27.2 Å². The molecule has 0 atom stereocenters. The maximum Gasteiger partial charge on any atom is 0.364 e. The Balaban J connectivity index is 2.35. The first-order valence-electron chi connectivity index (χ1n) is 6.86. The molecule has 0 bridgehead atoms. The van der Waals surface area contributed by atoms with Crippen molar-refractivity contribution in [1.29, 1.82) is 0 Å². The van der Waals surface area contributed by atoms with Crippen LogP contribution in [0, 0.1) is 5.41 Å². The summed E-state index contributed by atoms with van der Waals surface area (Å²) in [6.07, 6.45) is 1.00. The Morgan fingerprint density at radius 1 is 1.45 bits per heavy atom. The van der Waals surface area contributed by atoms with Gasteiger partial charge in [0.25, 0.3) is 0 Å². The van der Waals surface area contributed by atoms with E-state index in [1.807, 2.05) is 6.07 Å². The lowest BCUT2D eigenvalue weighted by atomic mass is 9.93. The van der Waals surface area contributed by atoms with Crippen molar-refractivity contribution < 1.29 is 0 Å². The fourth-order valence-corrected chi connectivity index (χ4v) is 2.09. The summed E-state index contributed by atoms with van der Waals surface area (Å²) < 4.78 is 1.29. The molecule has 0 amide bonds. The van der Waals surface area contributed by atoms with E-state index in [4.69, 9.17) is 5.73 Å². The molecule has 0 radical (unpaired) electrons. The molecular formula is C13H22N6O. The number of anilines is 1. The number of nitrogens with one attached hydrogen (secondary N) is 1. The second-order valence-corrected chi connectivity index (χ2v) is 5.78. The molecule has 0 aliphatic rings. The fourth-order valence-electron chi connectivity index (χ4n) is 2.09. The van der Waals surface area contributed by atoms with Gasteiger partial charge in [-0.3, -0.25) is 0 Å². The molecule has 2 aromatic heterocycles. The van der Waals surface area contributed by atoms with Gasteiger partial charge in [0, 0.05) is 13.1 Å². The van der Waals surface area contributed by atoms with Crippen molar-refractivity contribution in [2.24, 2.45) is 11.1 Å². The van der Waals surface area contributed by atoms with Gasteiger partial charge >= 0.3 is 5.69 Å². The Bertz CT molecular complexity index is 629. The van der Waals surface area contributed by atoms with Crippen LogP contribution in [0.15, 0.2) is 16.9 Å². The van der Waals surface area contributed by atoms with E-state index in [9.17, 15) is 4.79 Å². The Morgan fingerprint density at radius 3 is 2.85 bits per heavy atom. The number of rotatable bonds is 6. The predicted octanol–water partition coefficient (Wildman–Crippen LogP) is 0.619. The van der Waals surface area contributed by atoms with Crippen molar-refractivity contribution in [2.45, 2.75) is 27.2 Å². The topological polar surface area (TPSA) is 92.3 Å². The van der Waals surface area contributed by atoms with Crippen LogP contribution >= 0.6 is 0 Å². The molecule has 2 aromatic rings. The maximum atomic E-state index is 11.6. The highest BCUT2D eigenvalue weighted by atomic mass is 16.2. The molecule has 3 N–H and O–H groups in total. The highest BCUT2D eigenvalue weighted by Crippen LogP contribution is 2.20. The molecule has 0 aromatic carbocycles. The number of nitrogens with two attached hydrogens (primary N) is 1. The second kappa shape index (κ2) is 5.62. The molecule has 20 heavy (non-hydrogen) atoms. The monoisotopic (exact) mass is 278 g/mol. The van der Waals surface area contributed by atoms with Crippen LogP contribution in [-0.2, 0) is 0 Å². The summed E-state index contributed by atoms with van der Waals surface area (Å²) in [5.41, 5.74) is 6.00. The first-order chi connectivity index (χ1) is 9.46. The van der Waals surface area contributed by atoms with Crippen LogP contribution in [0.5, 0.6) is 0 Å². The van der Waals surface area contributed by atoms with E-state index in [1.165, 1.54) is 4.52 Å². The summed E-state index contributed by atoms with van der Waals surface area (Å²) in [6, 6.07) is 3.68. The molecule has 0 spiro atoms. The number of aromatic amines is 1. The van der Waals surface area contributed by atoms with E-state index in [1.54, 1.807) is 6.07 Å². The lowest BCUT2D eigenvalue weighted by Crippen LogP contribution is -2.40. The number of hydrogen-bond acceptors (Lipinski definition) is 5. The molecule has 2 rings (SSSR count). The van der Waals surface area contributed by atoms with Gasteiger partial charge in [-0.25, -0.2) is 9.89 Å². The number of fused-ring (bicyclic) bond motifs is 1. The molecule has 0 saturated carbocycles. The normalized spacial score (nSPS) is 12.0. The predicted molar refractivity (Wildman–Crippen MR) is 78.9 cm³/mol. The van der Waals surface area contributed by atoms with Crippen molar-refractivity contribution in [3.8, 4) is 0 Å². The van der Waals surface area contributed by atoms with Crippen molar-refractivity contribution in [3.05, 3.63) is 22.6 Å². The van der Waals surface area contributed by atoms with Crippen LogP contribution in [-0.4, -0.2) is 39.4 Å². The van der Waals surface area contributed by atoms with Crippen LogP contribution < -0.4 is 16.3 Å². The molecule has 110 valence electrons. The van der Waals surface area contributed by atoms with Gasteiger partial charge in [0.05, 0.1) is 0 Å². The summed E-state index contributed by atoms with van der Waals surface area (Å²) in [7, 11) is 0. The molecule has 0 aliphatic carbocycles. The molecule has 0 unspecified atom stereocenters. The van der Waals surface area contributed by atoms with Crippen LogP contribution in [0.25, 0.3) is 5.65 Å². The molecule has 0 aliphatic heterocycles. The highest BCUT2D eigenvalue weighted by molar-refractivity contribution is 5.45. The third-order valence-corrected chi connectivity index (χ3v) is 3.25. The highest BCUT2D eigenvalue weighted by Gasteiger charge is 2.21. The first kappa shape index (κ1) is 14.5. The van der Waals surface area contributed by atoms with E-state index < -0.39 is 0 Å².